The molecule has 22 heavy (non-hydrogen) atoms. The number of aromatic nitrogens is 1. The highest BCUT2D eigenvalue weighted by Crippen LogP contribution is 2.08. The van der Waals surface area contributed by atoms with E-state index in [0.29, 0.717) is 17.4 Å². The van der Waals surface area contributed by atoms with Gasteiger partial charge in [0, 0.05) is 18.1 Å². The number of pyridine rings is 1. The highest BCUT2D eigenvalue weighted by atomic mass is 16.4. The predicted octanol–water partition coefficient (Wildman–Crippen LogP) is 0.924. The number of hydrogen-bond donors (Lipinski definition) is 2. The van der Waals surface area contributed by atoms with Gasteiger partial charge in [0.25, 0.3) is 5.56 Å². The monoisotopic (exact) mass is 293 g/mol. The minimum Gasteiger partial charge on any atom is -0.423 e. The van der Waals surface area contributed by atoms with Gasteiger partial charge in [0.2, 0.25) is 0 Å². The van der Waals surface area contributed by atoms with Gasteiger partial charge in [0.05, 0.1) is 0 Å². The lowest BCUT2D eigenvalue weighted by atomic mass is 9.79. The van der Waals surface area contributed by atoms with Crippen LogP contribution in [0.25, 0.3) is 10.8 Å². The number of aryl methyl sites for hydroxylation is 2. The van der Waals surface area contributed by atoms with E-state index in [9.17, 15) is 14.8 Å². The first-order valence-electron chi connectivity index (χ1n) is 7.18. The zero-order valence-corrected chi connectivity index (χ0v) is 12.0. The molecule has 3 aromatic rings. The molecule has 0 aliphatic carbocycles. The van der Waals surface area contributed by atoms with Gasteiger partial charge in [0.1, 0.15) is 0 Å². The van der Waals surface area contributed by atoms with Crippen LogP contribution in [-0.2, 0) is 13.0 Å². The molecule has 0 saturated heterocycles. The van der Waals surface area contributed by atoms with Crippen molar-refractivity contribution in [3.63, 3.8) is 0 Å². The number of benzene rings is 2. The molecule has 0 saturated carbocycles. The molecule has 2 N–H and O–H groups in total. The average Bonchev–Trinajstić information content (AvgIpc) is 2.55. The van der Waals surface area contributed by atoms with Gasteiger partial charge in [-0.05, 0) is 35.0 Å². The van der Waals surface area contributed by atoms with Crippen LogP contribution in [0.4, 0.5) is 0 Å². The summed E-state index contributed by atoms with van der Waals surface area (Å²) in [5.41, 5.74) is 1.38. The fraction of sp³-hybridized carbons (Fsp3) is 0.118. The lowest BCUT2D eigenvalue weighted by molar-refractivity contribution is 0.426. The van der Waals surface area contributed by atoms with Crippen molar-refractivity contribution in [2.45, 2.75) is 13.0 Å². The van der Waals surface area contributed by atoms with Gasteiger partial charge in [-0.1, -0.05) is 42.5 Å². The van der Waals surface area contributed by atoms with Crippen LogP contribution in [0.5, 0.6) is 0 Å². The van der Waals surface area contributed by atoms with E-state index in [1.54, 1.807) is 29.0 Å². The molecule has 0 spiro atoms. The molecule has 1 heterocycles. The number of rotatable bonds is 4. The van der Waals surface area contributed by atoms with Crippen LogP contribution in [0.2, 0.25) is 0 Å². The summed E-state index contributed by atoms with van der Waals surface area (Å²) < 4.78 is 1.66. The third-order valence-electron chi connectivity index (χ3n) is 3.79. The Morgan fingerprint density at radius 2 is 1.77 bits per heavy atom. The van der Waals surface area contributed by atoms with Crippen LogP contribution >= 0.6 is 0 Å². The van der Waals surface area contributed by atoms with Gasteiger partial charge in [-0.2, -0.15) is 0 Å². The van der Waals surface area contributed by atoms with Crippen molar-refractivity contribution in [2.75, 3.05) is 0 Å². The van der Waals surface area contributed by atoms with Crippen molar-refractivity contribution in [3.8, 4) is 0 Å². The van der Waals surface area contributed by atoms with E-state index in [4.69, 9.17) is 0 Å². The molecule has 4 nitrogen and oxygen atoms in total. The predicted molar refractivity (Wildman–Crippen MR) is 88.2 cm³/mol. The first-order valence-corrected chi connectivity index (χ1v) is 7.18. The smallest absolute Gasteiger partial charge is 0.423 e. The maximum absolute atomic E-state index is 12.5. The summed E-state index contributed by atoms with van der Waals surface area (Å²) >= 11 is 0. The van der Waals surface area contributed by atoms with Gasteiger partial charge in [-0.15, -0.1) is 0 Å². The molecule has 110 valence electrons. The van der Waals surface area contributed by atoms with Crippen LogP contribution in [0.1, 0.15) is 5.56 Å². The Hall–Kier alpha value is -2.37. The SMILES string of the molecule is O=c1c2cc(B(O)O)ccc2ccn1CCc1ccccc1. The third kappa shape index (κ3) is 2.96. The van der Waals surface area contributed by atoms with E-state index in [0.717, 1.165) is 11.8 Å². The van der Waals surface area contributed by atoms with E-state index in [-0.39, 0.29) is 5.56 Å². The fourth-order valence-corrected chi connectivity index (χ4v) is 2.53. The van der Waals surface area contributed by atoms with Crippen LogP contribution in [0, 0.1) is 0 Å². The zero-order chi connectivity index (χ0) is 15.5. The molecule has 0 unspecified atom stereocenters. The van der Waals surface area contributed by atoms with Gasteiger partial charge >= 0.3 is 7.12 Å². The largest absolute Gasteiger partial charge is 0.488 e. The first-order chi connectivity index (χ1) is 10.6. The Morgan fingerprint density at radius 3 is 2.50 bits per heavy atom. The lowest BCUT2D eigenvalue weighted by Crippen LogP contribution is -2.30. The van der Waals surface area contributed by atoms with E-state index >= 15 is 0 Å². The lowest BCUT2D eigenvalue weighted by Gasteiger charge is -2.08. The molecule has 3 rings (SSSR count). The number of nitrogens with zero attached hydrogens (tertiary/aromatic N) is 1. The second-order valence-corrected chi connectivity index (χ2v) is 5.27. The standard InChI is InChI=1S/C17H16BNO3/c20-17-16-12-15(18(21)22)7-6-14(16)9-11-19(17)10-8-13-4-2-1-3-5-13/h1-7,9,11-12,21-22H,8,10H2. The van der Waals surface area contributed by atoms with E-state index in [1.807, 2.05) is 36.4 Å². The molecule has 0 aliphatic heterocycles. The highest BCUT2D eigenvalue weighted by molar-refractivity contribution is 6.58. The minimum absolute atomic E-state index is 0.115. The minimum atomic E-state index is -1.57. The van der Waals surface area contributed by atoms with Crippen molar-refractivity contribution in [3.05, 3.63) is 76.7 Å². The summed E-state index contributed by atoms with van der Waals surface area (Å²) in [7, 11) is -1.57. The highest BCUT2D eigenvalue weighted by Gasteiger charge is 2.12. The molecule has 0 radical (unpaired) electrons. The Kier molecular flexibility index (Phi) is 4.09. The molecule has 0 bridgehead atoms. The van der Waals surface area contributed by atoms with E-state index in [2.05, 4.69) is 0 Å². The molecule has 5 heteroatoms. The second-order valence-electron chi connectivity index (χ2n) is 5.27. The summed E-state index contributed by atoms with van der Waals surface area (Å²) in [5, 5.41) is 19.8. The Bertz CT molecular complexity index is 843. The summed E-state index contributed by atoms with van der Waals surface area (Å²) in [4.78, 5) is 12.5. The molecule has 0 amide bonds. The van der Waals surface area contributed by atoms with E-state index in [1.165, 1.54) is 5.56 Å². The third-order valence-corrected chi connectivity index (χ3v) is 3.79. The van der Waals surface area contributed by atoms with E-state index < -0.39 is 7.12 Å². The van der Waals surface area contributed by atoms with Crippen LogP contribution in [0.3, 0.4) is 0 Å². The average molecular weight is 293 g/mol. The molecular weight excluding hydrogens is 277 g/mol. The normalized spacial score (nSPS) is 10.8. The van der Waals surface area contributed by atoms with Gasteiger partial charge in [-0.3, -0.25) is 4.79 Å². The first kappa shape index (κ1) is 14.6. The molecule has 2 aromatic carbocycles. The Labute approximate surface area is 128 Å². The number of fused-ring (bicyclic) bond motifs is 1. The molecule has 0 atom stereocenters. The van der Waals surface area contributed by atoms with Crippen molar-refractivity contribution in [2.24, 2.45) is 0 Å². The maximum Gasteiger partial charge on any atom is 0.488 e. The molecular formula is C17H16BNO3. The van der Waals surface area contributed by atoms with Crippen molar-refractivity contribution < 1.29 is 10.0 Å². The zero-order valence-electron chi connectivity index (χ0n) is 12.0. The fourth-order valence-electron chi connectivity index (χ4n) is 2.53. The summed E-state index contributed by atoms with van der Waals surface area (Å²) in [5.74, 6) is 0. The topological polar surface area (TPSA) is 62.5 Å². The maximum atomic E-state index is 12.5. The molecule has 1 aromatic heterocycles. The van der Waals surface area contributed by atoms with Crippen LogP contribution in [0.15, 0.2) is 65.6 Å². The summed E-state index contributed by atoms with van der Waals surface area (Å²) in [6.45, 7) is 0.588. The Balaban J connectivity index is 1.93. The molecule has 0 aliphatic rings. The van der Waals surface area contributed by atoms with Crippen molar-refractivity contribution in [1.29, 1.82) is 0 Å². The Morgan fingerprint density at radius 1 is 1.00 bits per heavy atom. The van der Waals surface area contributed by atoms with Crippen LogP contribution < -0.4 is 11.0 Å². The van der Waals surface area contributed by atoms with Gasteiger partial charge < -0.3 is 14.6 Å². The van der Waals surface area contributed by atoms with Crippen LogP contribution in [-0.4, -0.2) is 21.7 Å². The summed E-state index contributed by atoms with van der Waals surface area (Å²) in [6.07, 6.45) is 2.55. The van der Waals surface area contributed by atoms with Gasteiger partial charge in [0.15, 0.2) is 0 Å². The second kappa shape index (κ2) is 6.18. The number of hydrogen-bond acceptors (Lipinski definition) is 3. The quantitative estimate of drug-likeness (QED) is 0.703. The van der Waals surface area contributed by atoms with Crippen molar-refractivity contribution >= 4 is 23.4 Å². The molecule has 0 fully saturated rings. The summed E-state index contributed by atoms with van der Waals surface area (Å²) in [6, 6.07) is 16.7. The van der Waals surface area contributed by atoms with Gasteiger partial charge in [-0.25, -0.2) is 0 Å². The van der Waals surface area contributed by atoms with Crippen molar-refractivity contribution in [1.82, 2.24) is 4.57 Å².